The van der Waals surface area contributed by atoms with Crippen molar-refractivity contribution in [3.8, 4) is 0 Å². The summed E-state index contributed by atoms with van der Waals surface area (Å²) in [7, 11) is 0. The highest BCUT2D eigenvalue weighted by Crippen LogP contribution is 2.45. The predicted octanol–water partition coefficient (Wildman–Crippen LogP) is 4.33. The number of benzene rings is 1. The summed E-state index contributed by atoms with van der Waals surface area (Å²) in [5.74, 6) is 0.963. The molecule has 2 aliphatic heterocycles. The Morgan fingerprint density at radius 3 is 2.64 bits per heavy atom. The molecule has 1 aromatic rings. The van der Waals surface area contributed by atoms with Gasteiger partial charge in [0.2, 0.25) is 0 Å². The average Bonchev–Trinajstić information content (AvgIpc) is 3.17. The molecule has 1 spiro atoms. The van der Waals surface area contributed by atoms with Crippen LogP contribution in [-0.2, 0) is 5.41 Å². The van der Waals surface area contributed by atoms with E-state index < -0.39 is 0 Å². The van der Waals surface area contributed by atoms with Crippen LogP contribution in [0.15, 0.2) is 18.2 Å². The Balaban J connectivity index is 1.47. The molecule has 0 amide bonds. The summed E-state index contributed by atoms with van der Waals surface area (Å²) in [5, 5.41) is 3.67. The maximum Gasteiger partial charge on any atom is 0.0379 e. The van der Waals surface area contributed by atoms with E-state index in [0.29, 0.717) is 5.41 Å². The fraction of sp³-hybridized carbons (Fsp3) is 0.700. The molecule has 3 aliphatic rings. The van der Waals surface area contributed by atoms with E-state index in [2.05, 4.69) is 42.3 Å². The lowest BCUT2D eigenvalue weighted by Gasteiger charge is -2.43. The van der Waals surface area contributed by atoms with Crippen LogP contribution in [0.1, 0.15) is 56.6 Å². The van der Waals surface area contributed by atoms with Gasteiger partial charge in [0.15, 0.2) is 0 Å². The predicted molar refractivity (Wildman–Crippen MR) is 93.6 cm³/mol. The minimum Gasteiger partial charge on any atom is -0.384 e. The van der Waals surface area contributed by atoms with Gasteiger partial charge in [0, 0.05) is 23.7 Å². The number of aryl methyl sites for hydroxylation is 1. The van der Waals surface area contributed by atoms with Crippen molar-refractivity contribution >= 4 is 5.69 Å². The van der Waals surface area contributed by atoms with Crippen LogP contribution < -0.4 is 5.32 Å². The van der Waals surface area contributed by atoms with E-state index in [1.165, 1.54) is 62.9 Å². The smallest absolute Gasteiger partial charge is 0.0379 e. The van der Waals surface area contributed by atoms with Crippen LogP contribution in [0.4, 0.5) is 5.69 Å². The summed E-state index contributed by atoms with van der Waals surface area (Å²) in [6.07, 6.45) is 8.51. The monoisotopic (exact) mass is 298 g/mol. The second-order valence-corrected chi connectivity index (χ2v) is 8.00. The van der Waals surface area contributed by atoms with E-state index in [1.54, 1.807) is 5.56 Å². The van der Waals surface area contributed by atoms with Gasteiger partial charge in [-0.15, -0.1) is 0 Å². The average molecular weight is 298 g/mol. The number of hydrogen-bond donors (Lipinski definition) is 1. The van der Waals surface area contributed by atoms with Crippen molar-refractivity contribution in [3.63, 3.8) is 0 Å². The van der Waals surface area contributed by atoms with Gasteiger partial charge in [0.1, 0.15) is 0 Å². The molecular weight excluding hydrogens is 268 g/mol. The van der Waals surface area contributed by atoms with Gasteiger partial charge in [-0.05, 0) is 70.2 Å². The number of piperidine rings is 1. The lowest BCUT2D eigenvalue weighted by atomic mass is 9.73. The van der Waals surface area contributed by atoms with Gasteiger partial charge in [0.05, 0.1) is 0 Å². The maximum atomic E-state index is 3.67. The Morgan fingerprint density at radius 2 is 1.91 bits per heavy atom. The SMILES string of the molecule is Cc1ccc2c(c1)C1(CCN(C(C)C3CCCC3)CC1)CN2. The van der Waals surface area contributed by atoms with Crippen molar-refractivity contribution in [2.75, 3.05) is 25.0 Å². The van der Waals surface area contributed by atoms with E-state index in [-0.39, 0.29) is 0 Å². The van der Waals surface area contributed by atoms with Gasteiger partial charge in [-0.25, -0.2) is 0 Å². The Morgan fingerprint density at radius 1 is 1.18 bits per heavy atom. The molecule has 120 valence electrons. The van der Waals surface area contributed by atoms with Crippen molar-refractivity contribution in [2.24, 2.45) is 5.92 Å². The molecule has 22 heavy (non-hydrogen) atoms. The van der Waals surface area contributed by atoms with Crippen LogP contribution >= 0.6 is 0 Å². The molecule has 1 unspecified atom stereocenters. The van der Waals surface area contributed by atoms with Crippen LogP contribution in [0, 0.1) is 12.8 Å². The highest BCUT2D eigenvalue weighted by Gasteiger charge is 2.42. The Bertz CT molecular complexity index is 537. The third-order valence-corrected chi connectivity index (χ3v) is 6.78. The summed E-state index contributed by atoms with van der Waals surface area (Å²) >= 11 is 0. The summed E-state index contributed by atoms with van der Waals surface area (Å²) in [5.41, 5.74) is 4.81. The van der Waals surface area contributed by atoms with Crippen molar-refractivity contribution in [1.82, 2.24) is 4.90 Å². The largest absolute Gasteiger partial charge is 0.384 e. The molecule has 0 aromatic heterocycles. The van der Waals surface area contributed by atoms with Crippen LogP contribution in [0.5, 0.6) is 0 Å². The quantitative estimate of drug-likeness (QED) is 0.874. The van der Waals surface area contributed by atoms with Crippen LogP contribution in [0.25, 0.3) is 0 Å². The molecule has 1 aromatic carbocycles. The van der Waals surface area contributed by atoms with E-state index in [9.17, 15) is 0 Å². The summed E-state index contributed by atoms with van der Waals surface area (Å²) in [6.45, 7) is 8.43. The minimum absolute atomic E-state index is 0.410. The second kappa shape index (κ2) is 5.56. The van der Waals surface area contributed by atoms with Crippen molar-refractivity contribution in [1.29, 1.82) is 0 Å². The fourth-order valence-corrected chi connectivity index (χ4v) is 5.15. The lowest BCUT2D eigenvalue weighted by Crippen LogP contribution is -2.48. The molecule has 0 radical (unpaired) electrons. The first-order valence-electron chi connectivity index (χ1n) is 9.27. The first-order chi connectivity index (χ1) is 10.7. The molecule has 0 bridgehead atoms. The maximum absolute atomic E-state index is 3.67. The van der Waals surface area contributed by atoms with E-state index in [4.69, 9.17) is 0 Å². The number of hydrogen-bond acceptors (Lipinski definition) is 2. The molecule has 1 N–H and O–H groups in total. The zero-order chi connectivity index (χ0) is 15.2. The van der Waals surface area contributed by atoms with Crippen LogP contribution in [-0.4, -0.2) is 30.6 Å². The van der Waals surface area contributed by atoms with Crippen molar-refractivity contribution in [2.45, 2.75) is 63.8 Å². The molecule has 2 nitrogen and oxygen atoms in total. The first kappa shape index (κ1) is 14.6. The molecule has 1 saturated carbocycles. The molecule has 4 rings (SSSR count). The lowest BCUT2D eigenvalue weighted by molar-refractivity contribution is 0.0973. The zero-order valence-electron chi connectivity index (χ0n) is 14.2. The van der Waals surface area contributed by atoms with Crippen LogP contribution in [0.3, 0.4) is 0 Å². The third-order valence-electron chi connectivity index (χ3n) is 6.78. The number of nitrogens with one attached hydrogen (secondary N) is 1. The number of anilines is 1. The van der Waals surface area contributed by atoms with Gasteiger partial charge in [-0.1, -0.05) is 30.5 Å². The molecule has 2 heteroatoms. The fourth-order valence-electron chi connectivity index (χ4n) is 5.15. The van der Waals surface area contributed by atoms with E-state index in [1.807, 2.05) is 0 Å². The number of fused-ring (bicyclic) bond motifs is 2. The Kier molecular flexibility index (Phi) is 3.68. The molecule has 1 saturated heterocycles. The molecule has 1 atom stereocenters. The van der Waals surface area contributed by atoms with Gasteiger partial charge in [-0.3, -0.25) is 0 Å². The molecule has 1 aliphatic carbocycles. The van der Waals surface area contributed by atoms with Gasteiger partial charge in [0.25, 0.3) is 0 Å². The van der Waals surface area contributed by atoms with Crippen molar-refractivity contribution < 1.29 is 0 Å². The topological polar surface area (TPSA) is 15.3 Å². The standard InChI is InChI=1S/C20H30N2/c1-15-7-8-19-18(13-15)20(14-21-19)9-11-22(12-10-20)16(2)17-5-3-4-6-17/h7-8,13,16-17,21H,3-6,9-12,14H2,1-2H3. The number of rotatable bonds is 2. The molecule has 2 fully saturated rings. The summed E-state index contributed by atoms with van der Waals surface area (Å²) < 4.78 is 0. The van der Waals surface area contributed by atoms with E-state index >= 15 is 0 Å². The summed E-state index contributed by atoms with van der Waals surface area (Å²) in [4.78, 5) is 2.79. The van der Waals surface area contributed by atoms with Crippen LogP contribution in [0.2, 0.25) is 0 Å². The first-order valence-corrected chi connectivity index (χ1v) is 9.27. The van der Waals surface area contributed by atoms with Gasteiger partial charge >= 0.3 is 0 Å². The number of likely N-dealkylation sites (tertiary alicyclic amines) is 1. The normalized spacial score (nSPS) is 26.1. The number of nitrogens with zero attached hydrogens (tertiary/aromatic N) is 1. The Hall–Kier alpha value is -1.02. The van der Waals surface area contributed by atoms with Crippen molar-refractivity contribution in [3.05, 3.63) is 29.3 Å². The Labute approximate surface area is 135 Å². The van der Waals surface area contributed by atoms with Gasteiger partial charge < -0.3 is 10.2 Å². The highest BCUT2D eigenvalue weighted by molar-refractivity contribution is 5.61. The summed E-state index contributed by atoms with van der Waals surface area (Å²) in [6, 6.07) is 7.76. The van der Waals surface area contributed by atoms with Gasteiger partial charge in [-0.2, -0.15) is 0 Å². The molecular formula is C20H30N2. The zero-order valence-corrected chi connectivity index (χ0v) is 14.2. The third kappa shape index (κ3) is 2.36. The minimum atomic E-state index is 0.410. The highest BCUT2D eigenvalue weighted by atomic mass is 15.2. The molecule has 2 heterocycles. The second-order valence-electron chi connectivity index (χ2n) is 8.00. The van der Waals surface area contributed by atoms with E-state index in [0.717, 1.165) is 18.5 Å².